The van der Waals surface area contributed by atoms with Crippen LogP contribution < -0.4 is 10.2 Å². The van der Waals surface area contributed by atoms with E-state index in [0.717, 1.165) is 24.0 Å². The van der Waals surface area contributed by atoms with Gasteiger partial charge in [0.1, 0.15) is 17.5 Å². The SMILES string of the molecule is CNc1cc(N2CCCC2C(C)C)nc(C)n1. The van der Waals surface area contributed by atoms with Gasteiger partial charge >= 0.3 is 0 Å². The second kappa shape index (κ2) is 4.90. The van der Waals surface area contributed by atoms with Crippen molar-refractivity contribution in [1.29, 1.82) is 0 Å². The van der Waals surface area contributed by atoms with Crippen molar-refractivity contribution in [1.82, 2.24) is 9.97 Å². The highest BCUT2D eigenvalue weighted by Gasteiger charge is 2.28. The lowest BCUT2D eigenvalue weighted by molar-refractivity contribution is 0.489. The zero-order valence-electron chi connectivity index (χ0n) is 11.2. The molecule has 1 aromatic rings. The van der Waals surface area contributed by atoms with Crippen LogP contribution in [0.3, 0.4) is 0 Å². The van der Waals surface area contributed by atoms with Gasteiger partial charge in [0, 0.05) is 25.7 Å². The topological polar surface area (TPSA) is 41.0 Å². The lowest BCUT2D eigenvalue weighted by Gasteiger charge is -2.29. The van der Waals surface area contributed by atoms with Crippen molar-refractivity contribution in [2.45, 2.75) is 39.7 Å². The molecule has 0 aliphatic carbocycles. The van der Waals surface area contributed by atoms with Crippen LogP contribution in [0, 0.1) is 12.8 Å². The third kappa shape index (κ3) is 2.51. The van der Waals surface area contributed by atoms with E-state index in [4.69, 9.17) is 0 Å². The van der Waals surface area contributed by atoms with Gasteiger partial charge in [0.2, 0.25) is 0 Å². The van der Waals surface area contributed by atoms with Crippen molar-refractivity contribution in [2.24, 2.45) is 5.92 Å². The molecule has 0 bridgehead atoms. The van der Waals surface area contributed by atoms with Gasteiger partial charge in [-0.2, -0.15) is 0 Å². The molecule has 1 unspecified atom stereocenters. The summed E-state index contributed by atoms with van der Waals surface area (Å²) in [7, 11) is 1.90. The van der Waals surface area contributed by atoms with Crippen molar-refractivity contribution in [2.75, 3.05) is 23.8 Å². The number of rotatable bonds is 3. The third-order valence-electron chi connectivity index (χ3n) is 3.44. The summed E-state index contributed by atoms with van der Waals surface area (Å²) in [5.41, 5.74) is 0. The summed E-state index contributed by atoms with van der Waals surface area (Å²) in [4.78, 5) is 11.3. The van der Waals surface area contributed by atoms with Crippen LogP contribution in [0.2, 0.25) is 0 Å². The van der Waals surface area contributed by atoms with Crippen LogP contribution in [0.4, 0.5) is 11.6 Å². The minimum Gasteiger partial charge on any atom is -0.373 e. The van der Waals surface area contributed by atoms with Crippen molar-refractivity contribution >= 4 is 11.6 Å². The summed E-state index contributed by atoms with van der Waals surface area (Å²) < 4.78 is 0. The van der Waals surface area contributed by atoms with E-state index in [0.29, 0.717) is 12.0 Å². The number of nitrogens with one attached hydrogen (secondary N) is 1. The predicted octanol–water partition coefficient (Wildman–Crippen LogP) is 2.45. The average molecular weight is 234 g/mol. The maximum absolute atomic E-state index is 4.57. The van der Waals surface area contributed by atoms with E-state index in [2.05, 4.69) is 34.0 Å². The Balaban J connectivity index is 2.29. The minimum atomic E-state index is 0.619. The largest absolute Gasteiger partial charge is 0.373 e. The first kappa shape index (κ1) is 12.1. The van der Waals surface area contributed by atoms with E-state index in [1.54, 1.807) is 0 Å². The zero-order valence-corrected chi connectivity index (χ0v) is 11.2. The summed E-state index contributed by atoms with van der Waals surface area (Å²) in [6, 6.07) is 2.67. The minimum absolute atomic E-state index is 0.619. The smallest absolute Gasteiger partial charge is 0.134 e. The molecule has 0 aromatic carbocycles. The molecule has 4 heteroatoms. The fourth-order valence-corrected chi connectivity index (χ4v) is 2.60. The number of hydrogen-bond donors (Lipinski definition) is 1. The Morgan fingerprint density at radius 1 is 1.41 bits per heavy atom. The lowest BCUT2D eigenvalue weighted by atomic mass is 10.0. The summed E-state index contributed by atoms with van der Waals surface area (Å²) in [5.74, 6) is 3.48. The molecule has 0 saturated carbocycles. The fraction of sp³-hybridized carbons (Fsp3) is 0.692. The summed E-state index contributed by atoms with van der Waals surface area (Å²) in [6.07, 6.45) is 2.54. The molecular weight excluding hydrogens is 212 g/mol. The molecule has 1 fully saturated rings. The van der Waals surface area contributed by atoms with Gasteiger partial charge in [0.25, 0.3) is 0 Å². The standard InChI is InChI=1S/C13H22N4/c1-9(2)11-6-5-7-17(11)13-8-12(14-4)15-10(3)16-13/h8-9,11H,5-7H2,1-4H3,(H,14,15,16). The van der Waals surface area contributed by atoms with Crippen LogP contribution in [0.25, 0.3) is 0 Å². The monoisotopic (exact) mass is 234 g/mol. The van der Waals surface area contributed by atoms with Gasteiger partial charge in [0.15, 0.2) is 0 Å². The Hall–Kier alpha value is -1.32. The number of hydrogen-bond acceptors (Lipinski definition) is 4. The molecule has 94 valence electrons. The maximum atomic E-state index is 4.57. The van der Waals surface area contributed by atoms with E-state index in [1.807, 2.05) is 20.0 Å². The van der Waals surface area contributed by atoms with Crippen LogP contribution in [0.5, 0.6) is 0 Å². The second-order valence-corrected chi connectivity index (χ2v) is 5.06. The second-order valence-electron chi connectivity index (χ2n) is 5.06. The molecular formula is C13H22N4. The molecule has 0 amide bonds. The molecule has 4 nitrogen and oxygen atoms in total. The summed E-state index contributed by atoms with van der Waals surface area (Å²) in [6.45, 7) is 7.64. The van der Waals surface area contributed by atoms with Crippen molar-refractivity contribution < 1.29 is 0 Å². The molecule has 1 atom stereocenters. The molecule has 1 aliphatic heterocycles. The molecule has 2 rings (SSSR count). The van der Waals surface area contributed by atoms with E-state index >= 15 is 0 Å². The van der Waals surface area contributed by atoms with Crippen LogP contribution in [0.15, 0.2) is 6.07 Å². The predicted molar refractivity (Wildman–Crippen MR) is 71.5 cm³/mol. The van der Waals surface area contributed by atoms with Gasteiger partial charge in [-0.1, -0.05) is 13.8 Å². The van der Waals surface area contributed by atoms with Gasteiger partial charge in [-0.3, -0.25) is 0 Å². The third-order valence-corrected chi connectivity index (χ3v) is 3.44. The Labute approximate surface area is 103 Å². The Morgan fingerprint density at radius 3 is 2.82 bits per heavy atom. The van der Waals surface area contributed by atoms with Crippen LogP contribution in [-0.4, -0.2) is 29.6 Å². The first-order chi connectivity index (χ1) is 8.11. The molecule has 1 N–H and O–H groups in total. The molecule has 0 radical (unpaired) electrons. The molecule has 1 aromatic heterocycles. The molecule has 1 saturated heterocycles. The summed E-state index contributed by atoms with van der Waals surface area (Å²) in [5, 5.41) is 3.10. The first-order valence-corrected chi connectivity index (χ1v) is 6.42. The Kier molecular flexibility index (Phi) is 3.50. The van der Waals surface area contributed by atoms with E-state index < -0.39 is 0 Å². The maximum Gasteiger partial charge on any atom is 0.134 e. The van der Waals surface area contributed by atoms with Crippen LogP contribution >= 0.6 is 0 Å². The van der Waals surface area contributed by atoms with Crippen molar-refractivity contribution in [3.63, 3.8) is 0 Å². The number of anilines is 2. The normalized spacial score (nSPS) is 20.1. The zero-order chi connectivity index (χ0) is 12.4. The number of aromatic nitrogens is 2. The highest BCUT2D eigenvalue weighted by molar-refractivity contribution is 5.50. The van der Waals surface area contributed by atoms with Crippen LogP contribution in [0.1, 0.15) is 32.5 Å². The Bertz CT molecular complexity index is 389. The number of aryl methyl sites for hydroxylation is 1. The highest BCUT2D eigenvalue weighted by atomic mass is 15.2. The van der Waals surface area contributed by atoms with Crippen molar-refractivity contribution in [3.05, 3.63) is 11.9 Å². The summed E-state index contributed by atoms with van der Waals surface area (Å²) >= 11 is 0. The highest BCUT2D eigenvalue weighted by Crippen LogP contribution is 2.29. The molecule has 17 heavy (non-hydrogen) atoms. The fourth-order valence-electron chi connectivity index (χ4n) is 2.60. The van der Waals surface area contributed by atoms with Crippen LogP contribution in [-0.2, 0) is 0 Å². The van der Waals surface area contributed by atoms with Gasteiger partial charge in [-0.15, -0.1) is 0 Å². The number of nitrogens with zero attached hydrogens (tertiary/aromatic N) is 3. The van der Waals surface area contributed by atoms with Gasteiger partial charge in [-0.25, -0.2) is 9.97 Å². The molecule has 1 aliphatic rings. The average Bonchev–Trinajstić information content (AvgIpc) is 2.77. The van der Waals surface area contributed by atoms with Gasteiger partial charge in [-0.05, 0) is 25.7 Å². The van der Waals surface area contributed by atoms with E-state index in [9.17, 15) is 0 Å². The molecule has 2 heterocycles. The van der Waals surface area contributed by atoms with Gasteiger partial charge in [0.05, 0.1) is 0 Å². The van der Waals surface area contributed by atoms with E-state index in [-0.39, 0.29) is 0 Å². The first-order valence-electron chi connectivity index (χ1n) is 6.42. The Morgan fingerprint density at radius 2 is 2.18 bits per heavy atom. The van der Waals surface area contributed by atoms with Crippen molar-refractivity contribution in [3.8, 4) is 0 Å². The van der Waals surface area contributed by atoms with E-state index in [1.165, 1.54) is 12.8 Å². The molecule has 0 spiro atoms. The lowest BCUT2D eigenvalue weighted by Crippen LogP contribution is -2.34. The van der Waals surface area contributed by atoms with Gasteiger partial charge < -0.3 is 10.2 Å². The quantitative estimate of drug-likeness (QED) is 0.872.